The number of rotatable bonds is 5. The summed E-state index contributed by atoms with van der Waals surface area (Å²) in [5.74, 6) is 0. The van der Waals surface area contributed by atoms with Crippen molar-refractivity contribution >= 4 is 46.5 Å². The van der Waals surface area contributed by atoms with Gasteiger partial charge in [0.2, 0.25) is 0 Å². The van der Waals surface area contributed by atoms with E-state index in [1.54, 1.807) is 42.0 Å². The Hall–Kier alpha value is -2.91. The van der Waals surface area contributed by atoms with Gasteiger partial charge in [-0.05, 0) is 54.1 Å². The lowest BCUT2D eigenvalue weighted by molar-refractivity contribution is 0.0378. The second-order valence-corrected chi connectivity index (χ2v) is 11.1. The molecule has 4 heterocycles. The molecule has 182 valence electrons. The number of nitrogens with one attached hydrogen (secondary N) is 2. The van der Waals surface area contributed by atoms with E-state index in [1.807, 2.05) is 18.2 Å². The number of aromatic amines is 1. The van der Waals surface area contributed by atoms with Gasteiger partial charge in [-0.1, -0.05) is 47.3 Å². The molecule has 2 N–H and O–H groups in total. The first-order valence-corrected chi connectivity index (χ1v) is 13.7. The highest BCUT2D eigenvalue weighted by atomic mass is 35.5. The Bertz CT molecular complexity index is 1480. The van der Waals surface area contributed by atoms with Gasteiger partial charge in [-0.25, -0.2) is 0 Å². The van der Waals surface area contributed by atoms with E-state index in [0.717, 1.165) is 11.4 Å². The lowest BCUT2D eigenvalue weighted by Crippen LogP contribution is -2.41. The van der Waals surface area contributed by atoms with Crippen LogP contribution < -0.4 is 15.8 Å². The number of hydrogen-bond donors (Lipinski definition) is 2. The lowest BCUT2D eigenvalue weighted by Gasteiger charge is -2.35. The summed E-state index contributed by atoms with van der Waals surface area (Å²) in [5, 5.41) is 4.14. The van der Waals surface area contributed by atoms with Gasteiger partial charge in [-0.15, -0.1) is 0 Å². The smallest absolute Gasteiger partial charge is 0.271 e. The van der Waals surface area contributed by atoms with Gasteiger partial charge in [-0.3, -0.25) is 9.78 Å². The maximum absolute atomic E-state index is 12.3. The number of morpholine rings is 1. The molecular weight excluding hydrogens is 512 g/mol. The zero-order valence-corrected chi connectivity index (χ0v) is 21.6. The molecule has 6 nitrogen and oxygen atoms in total. The van der Waals surface area contributed by atoms with E-state index in [4.69, 9.17) is 16.3 Å². The number of benzene rings is 2. The van der Waals surface area contributed by atoms with Gasteiger partial charge in [0.25, 0.3) is 5.56 Å². The van der Waals surface area contributed by atoms with E-state index >= 15 is 0 Å². The molecule has 1 unspecified atom stereocenters. The van der Waals surface area contributed by atoms with E-state index in [2.05, 4.69) is 56.6 Å². The van der Waals surface area contributed by atoms with Crippen LogP contribution >= 0.6 is 35.1 Å². The average molecular weight is 535 g/mol. The molecule has 1 atom stereocenters. The molecule has 0 amide bonds. The third-order valence-corrected chi connectivity index (χ3v) is 9.04. The van der Waals surface area contributed by atoms with Crippen LogP contribution in [0.4, 0.5) is 11.4 Å². The maximum Gasteiger partial charge on any atom is 0.271 e. The number of halogens is 1. The highest BCUT2D eigenvalue weighted by Crippen LogP contribution is 2.51. The van der Waals surface area contributed by atoms with E-state index < -0.39 is 0 Å². The van der Waals surface area contributed by atoms with Crippen molar-refractivity contribution in [2.24, 2.45) is 0 Å². The zero-order valence-electron chi connectivity index (χ0n) is 19.2. The number of anilines is 2. The van der Waals surface area contributed by atoms with Gasteiger partial charge in [0, 0.05) is 55.8 Å². The second-order valence-electron chi connectivity index (χ2n) is 8.55. The topological polar surface area (TPSA) is 70.2 Å². The summed E-state index contributed by atoms with van der Waals surface area (Å²) < 4.78 is 6.21. The fourth-order valence-electron chi connectivity index (χ4n) is 4.44. The van der Waals surface area contributed by atoms with Crippen LogP contribution in [0.5, 0.6) is 0 Å². The summed E-state index contributed by atoms with van der Waals surface area (Å²) in [4.78, 5) is 26.5. The van der Waals surface area contributed by atoms with Crippen molar-refractivity contribution < 1.29 is 4.74 Å². The quantitative estimate of drug-likeness (QED) is 0.277. The molecule has 0 radical (unpaired) electrons. The van der Waals surface area contributed by atoms with Gasteiger partial charge in [-0.2, -0.15) is 0 Å². The van der Waals surface area contributed by atoms with Gasteiger partial charge >= 0.3 is 0 Å². The zero-order chi connectivity index (χ0) is 24.5. The number of fused-ring (bicyclic) bond motifs is 2. The van der Waals surface area contributed by atoms with Crippen molar-refractivity contribution in [1.82, 2.24) is 9.97 Å². The third-order valence-electron chi connectivity index (χ3n) is 6.19. The molecule has 0 saturated carbocycles. The van der Waals surface area contributed by atoms with Gasteiger partial charge in [0.1, 0.15) is 11.8 Å². The van der Waals surface area contributed by atoms with E-state index in [-0.39, 0.29) is 11.7 Å². The van der Waals surface area contributed by atoms with Gasteiger partial charge in [0.05, 0.1) is 18.8 Å². The summed E-state index contributed by atoms with van der Waals surface area (Å²) in [7, 11) is 0. The van der Waals surface area contributed by atoms with Crippen LogP contribution in [0.3, 0.4) is 0 Å². The predicted octanol–water partition coefficient (Wildman–Crippen LogP) is 6.23. The molecule has 1 fully saturated rings. The third kappa shape index (κ3) is 4.86. The van der Waals surface area contributed by atoms with E-state index in [9.17, 15) is 4.79 Å². The van der Waals surface area contributed by atoms with Crippen LogP contribution in [0.1, 0.15) is 17.4 Å². The lowest BCUT2D eigenvalue weighted by atomic mass is 10.1. The minimum Gasteiger partial charge on any atom is -0.379 e. The highest BCUT2D eigenvalue weighted by Gasteiger charge is 2.29. The van der Waals surface area contributed by atoms with Crippen LogP contribution in [0.25, 0.3) is 0 Å². The molecule has 9 heteroatoms. The first-order valence-electron chi connectivity index (χ1n) is 11.7. The normalized spacial score (nSPS) is 16.8. The average Bonchev–Trinajstić information content (AvgIpc) is 2.91. The number of hydrogen-bond acceptors (Lipinski definition) is 7. The molecule has 2 aliphatic rings. The summed E-state index contributed by atoms with van der Waals surface area (Å²) in [6.45, 7) is 2.52. The predicted molar refractivity (Wildman–Crippen MR) is 146 cm³/mol. The molecule has 0 spiro atoms. The first kappa shape index (κ1) is 23.5. The summed E-state index contributed by atoms with van der Waals surface area (Å²) >= 11 is 9.64. The molecule has 4 aromatic rings. The molecule has 2 aliphatic heterocycles. The van der Waals surface area contributed by atoms with Crippen LogP contribution in [0, 0.1) is 0 Å². The summed E-state index contributed by atoms with van der Waals surface area (Å²) in [6.07, 6.45) is 3.28. The van der Waals surface area contributed by atoms with Crippen molar-refractivity contribution in [1.29, 1.82) is 0 Å². The van der Waals surface area contributed by atoms with Crippen molar-refractivity contribution in [2.75, 3.05) is 29.9 Å². The van der Waals surface area contributed by atoms with Crippen molar-refractivity contribution in [2.45, 2.75) is 32.2 Å². The fraction of sp³-hybridized carbons (Fsp3) is 0.185. The van der Waals surface area contributed by atoms with Gasteiger partial charge < -0.3 is 19.9 Å². The number of pyridine rings is 2. The van der Waals surface area contributed by atoms with Crippen molar-refractivity contribution in [3.63, 3.8) is 0 Å². The Balaban J connectivity index is 1.21. The number of ether oxygens (including phenoxy) is 1. The SMILES string of the molecule is O=c1[nH]cccc1N1CCOC(c2cccc3c2Sc2ccc(NCc4cc(Cl)ccn4)cc2S3)C1. The van der Waals surface area contributed by atoms with E-state index in [0.29, 0.717) is 37.0 Å². The molecule has 6 rings (SSSR count). The molecule has 1 saturated heterocycles. The Morgan fingerprint density at radius 2 is 2.03 bits per heavy atom. The van der Waals surface area contributed by atoms with Crippen LogP contribution in [0.2, 0.25) is 5.02 Å². The molecular formula is C27H23ClN4O2S2. The molecule has 36 heavy (non-hydrogen) atoms. The largest absolute Gasteiger partial charge is 0.379 e. The van der Waals surface area contributed by atoms with Crippen LogP contribution in [-0.4, -0.2) is 29.7 Å². The Morgan fingerprint density at radius 1 is 1.08 bits per heavy atom. The first-order chi connectivity index (χ1) is 17.6. The van der Waals surface area contributed by atoms with Gasteiger partial charge in [0.15, 0.2) is 0 Å². The summed E-state index contributed by atoms with van der Waals surface area (Å²) in [5.41, 5.74) is 3.74. The maximum atomic E-state index is 12.3. The van der Waals surface area contributed by atoms with E-state index in [1.165, 1.54) is 25.1 Å². The monoisotopic (exact) mass is 534 g/mol. The Labute approximate surface area is 222 Å². The Kier molecular flexibility index (Phi) is 6.67. The van der Waals surface area contributed by atoms with Crippen molar-refractivity contribution in [3.05, 3.63) is 99.7 Å². The minimum absolute atomic E-state index is 0.0670. The summed E-state index contributed by atoms with van der Waals surface area (Å²) in [6, 6.07) is 20.2. The number of aromatic nitrogens is 2. The molecule has 0 aliphatic carbocycles. The minimum atomic E-state index is -0.103. The number of H-pyrrole nitrogens is 1. The fourth-order valence-corrected chi connectivity index (χ4v) is 7.07. The standard InChI is InChI=1S/C27H23ClN4O2S2/c28-17-8-10-29-19(13-17)15-31-18-6-7-23-25(14-18)35-24-5-1-3-20(26(24)36-23)22-16-32(11-12-34-22)21-4-2-9-30-27(21)33/h1-10,13-14,22,31H,11-12,15-16H2,(H,30,33). The number of nitrogens with zero attached hydrogens (tertiary/aromatic N) is 2. The highest BCUT2D eigenvalue weighted by molar-refractivity contribution is 8.05. The van der Waals surface area contributed by atoms with Crippen LogP contribution in [-0.2, 0) is 11.3 Å². The molecule has 2 aromatic carbocycles. The Morgan fingerprint density at radius 3 is 2.92 bits per heavy atom. The van der Waals surface area contributed by atoms with Crippen LogP contribution in [0.15, 0.2) is 97.4 Å². The second kappa shape index (κ2) is 10.2. The molecule has 0 bridgehead atoms. The molecule has 2 aromatic heterocycles. The van der Waals surface area contributed by atoms with Crippen molar-refractivity contribution in [3.8, 4) is 0 Å².